The van der Waals surface area contributed by atoms with E-state index in [9.17, 15) is 0 Å². The summed E-state index contributed by atoms with van der Waals surface area (Å²) < 4.78 is 10.9. The van der Waals surface area contributed by atoms with E-state index in [2.05, 4.69) is 39.5 Å². The van der Waals surface area contributed by atoms with Crippen molar-refractivity contribution in [3.63, 3.8) is 0 Å². The molecule has 3 heteroatoms. The van der Waals surface area contributed by atoms with E-state index < -0.39 is 0 Å². The zero-order valence-corrected chi connectivity index (χ0v) is 11.9. The predicted octanol–water partition coefficient (Wildman–Crippen LogP) is 2.82. The van der Waals surface area contributed by atoms with Gasteiger partial charge in [-0.15, -0.1) is 0 Å². The number of methoxy groups -OCH3 is 1. The Morgan fingerprint density at radius 2 is 1.94 bits per heavy atom. The molecule has 2 rings (SSSR count). The maximum absolute atomic E-state index is 5.46. The number of benzene rings is 1. The monoisotopic (exact) mass is 252 g/mol. The van der Waals surface area contributed by atoms with Crippen LogP contribution in [-0.4, -0.2) is 26.1 Å². The lowest BCUT2D eigenvalue weighted by atomic mass is 9.76. The normalized spacial score (nSPS) is 17.7. The van der Waals surface area contributed by atoms with Gasteiger partial charge < -0.3 is 9.47 Å². The minimum absolute atomic E-state index is 0.106. The highest BCUT2D eigenvalue weighted by atomic mass is 32.1. The molecular weight excluding hydrogens is 232 g/mol. The lowest BCUT2D eigenvalue weighted by Crippen LogP contribution is -2.49. The van der Waals surface area contributed by atoms with Crippen molar-refractivity contribution >= 4 is 12.6 Å². The Morgan fingerprint density at radius 1 is 1.29 bits per heavy atom. The highest BCUT2D eigenvalue weighted by molar-refractivity contribution is 7.80. The molecule has 0 unspecified atom stereocenters. The second-order valence-electron chi connectivity index (χ2n) is 4.96. The van der Waals surface area contributed by atoms with Crippen LogP contribution in [0.15, 0.2) is 6.07 Å². The van der Waals surface area contributed by atoms with Gasteiger partial charge in [-0.2, -0.15) is 12.6 Å². The van der Waals surface area contributed by atoms with Gasteiger partial charge in [0.15, 0.2) is 0 Å². The van der Waals surface area contributed by atoms with Crippen LogP contribution in [0.5, 0.6) is 5.75 Å². The van der Waals surface area contributed by atoms with E-state index in [4.69, 9.17) is 9.47 Å². The first kappa shape index (κ1) is 12.8. The maximum Gasteiger partial charge on any atom is 0.124 e. The van der Waals surface area contributed by atoms with Crippen LogP contribution < -0.4 is 4.74 Å². The molecule has 0 aromatic heterocycles. The third-order valence-corrected chi connectivity index (χ3v) is 4.47. The molecular formula is C14H20O2S. The minimum Gasteiger partial charge on any atom is -0.496 e. The van der Waals surface area contributed by atoms with Gasteiger partial charge in [-0.25, -0.2) is 0 Å². The third-order valence-electron chi connectivity index (χ3n) is 3.86. The fraction of sp³-hybridized carbons (Fsp3) is 0.571. The summed E-state index contributed by atoms with van der Waals surface area (Å²) in [6.07, 6.45) is 0. The Hall–Kier alpha value is -0.670. The molecule has 2 nitrogen and oxygen atoms in total. The maximum atomic E-state index is 5.46. The van der Waals surface area contributed by atoms with Gasteiger partial charge in [0.25, 0.3) is 0 Å². The number of hydrogen-bond donors (Lipinski definition) is 1. The van der Waals surface area contributed by atoms with E-state index in [0.29, 0.717) is 0 Å². The van der Waals surface area contributed by atoms with Crippen LogP contribution in [0.1, 0.15) is 22.3 Å². The Morgan fingerprint density at radius 3 is 2.35 bits per heavy atom. The summed E-state index contributed by atoms with van der Waals surface area (Å²) in [4.78, 5) is 0. The van der Waals surface area contributed by atoms with Crippen LogP contribution in [0.3, 0.4) is 0 Å². The molecule has 1 aromatic carbocycles. The standard InChI is InChI=1S/C14H20O2S/c1-9-5-12(14(8-17)6-16-7-14)10(2)11(3)13(9)15-4/h5,17H,6-8H2,1-4H3. The average molecular weight is 252 g/mol. The molecule has 1 saturated heterocycles. The van der Waals surface area contributed by atoms with E-state index >= 15 is 0 Å². The van der Waals surface area contributed by atoms with Crippen LogP contribution in [0, 0.1) is 20.8 Å². The van der Waals surface area contributed by atoms with Crippen molar-refractivity contribution < 1.29 is 9.47 Å². The predicted molar refractivity (Wildman–Crippen MR) is 73.6 cm³/mol. The van der Waals surface area contributed by atoms with Gasteiger partial charge in [0.1, 0.15) is 5.75 Å². The van der Waals surface area contributed by atoms with Gasteiger partial charge in [-0.3, -0.25) is 0 Å². The van der Waals surface area contributed by atoms with Crippen molar-refractivity contribution in [1.82, 2.24) is 0 Å². The van der Waals surface area contributed by atoms with Crippen molar-refractivity contribution in [2.45, 2.75) is 26.2 Å². The Labute approximate surface area is 109 Å². The lowest BCUT2D eigenvalue weighted by molar-refractivity contribution is -0.0474. The molecule has 0 atom stereocenters. The summed E-state index contributed by atoms with van der Waals surface area (Å²) in [6.45, 7) is 7.94. The molecule has 1 heterocycles. The van der Waals surface area contributed by atoms with Gasteiger partial charge in [0.05, 0.1) is 25.7 Å². The van der Waals surface area contributed by atoms with Crippen molar-refractivity contribution in [2.75, 3.05) is 26.1 Å². The SMILES string of the molecule is COc1c(C)cc(C2(CS)COC2)c(C)c1C. The number of rotatable bonds is 3. The summed E-state index contributed by atoms with van der Waals surface area (Å²) in [5.41, 5.74) is 5.21. The van der Waals surface area contributed by atoms with Crippen molar-refractivity contribution in [2.24, 2.45) is 0 Å². The van der Waals surface area contributed by atoms with Gasteiger partial charge >= 0.3 is 0 Å². The fourth-order valence-electron chi connectivity index (χ4n) is 2.60. The summed E-state index contributed by atoms with van der Waals surface area (Å²) in [5.74, 6) is 1.83. The highest BCUT2D eigenvalue weighted by Gasteiger charge is 2.40. The molecule has 17 heavy (non-hydrogen) atoms. The molecule has 1 fully saturated rings. The molecule has 0 bridgehead atoms. The Balaban J connectivity index is 2.56. The molecule has 0 radical (unpaired) electrons. The average Bonchev–Trinajstić information content (AvgIpc) is 2.25. The summed E-state index contributed by atoms with van der Waals surface area (Å²) >= 11 is 4.50. The molecule has 0 amide bonds. The van der Waals surface area contributed by atoms with Crippen molar-refractivity contribution in [1.29, 1.82) is 0 Å². The summed E-state index contributed by atoms with van der Waals surface area (Å²) in [7, 11) is 1.73. The Bertz CT molecular complexity index is 431. The van der Waals surface area contributed by atoms with Crippen LogP contribution in [0.25, 0.3) is 0 Å². The van der Waals surface area contributed by atoms with E-state index in [-0.39, 0.29) is 5.41 Å². The van der Waals surface area contributed by atoms with Crippen LogP contribution in [0.4, 0.5) is 0 Å². The highest BCUT2D eigenvalue weighted by Crippen LogP contribution is 2.39. The molecule has 1 aliphatic heterocycles. The van der Waals surface area contributed by atoms with E-state index in [1.807, 2.05) is 0 Å². The first-order valence-electron chi connectivity index (χ1n) is 5.89. The Kier molecular flexibility index (Phi) is 3.41. The number of aryl methyl sites for hydroxylation is 1. The number of hydrogen-bond acceptors (Lipinski definition) is 3. The molecule has 1 aromatic rings. The summed E-state index contributed by atoms with van der Waals surface area (Å²) in [6, 6.07) is 2.24. The van der Waals surface area contributed by atoms with Crippen molar-refractivity contribution in [3.8, 4) is 5.75 Å². The fourth-order valence-corrected chi connectivity index (χ4v) is 2.96. The minimum atomic E-state index is 0.106. The van der Waals surface area contributed by atoms with Gasteiger partial charge in [-0.1, -0.05) is 6.07 Å². The first-order chi connectivity index (χ1) is 8.05. The smallest absolute Gasteiger partial charge is 0.124 e. The zero-order chi connectivity index (χ0) is 12.6. The second kappa shape index (κ2) is 4.54. The number of thiol groups is 1. The van der Waals surface area contributed by atoms with E-state index in [1.165, 1.54) is 22.3 Å². The topological polar surface area (TPSA) is 18.5 Å². The van der Waals surface area contributed by atoms with Crippen molar-refractivity contribution in [3.05, 3.63) is 28.3 Å². The first-order valence-corrected chi connectivity index (χ1v) is 6.53. The largest absolute Gasteiger partial charge is 0.496 e. The molecule has 0 spiro atoms. The van der Waals surface area contributed by atoms with Crippen LogP contribution in [-0.2, 0) is 10.2 Å². The molecule has 0 N–H and O–H groups in total. The quantitative estimate of drug-likeness (QED) is 0.834. The van der Waals surface area contributed by atoms with Gasteiger partial charge in [-0.05, 0) is 43.0 Å². The van der Waals surface area contributed by atoms with Crippen LogP contribution >= 0.6 is 12.6 Å². The molecule has 0 saturated carbocycles. The van der Waals surface area contributed by atoms with E-state index in [0.717, 1.165) is 24.7 Å². The van der Waals surface area contributed by atoms with Crippen LogP contribution in [0.2, 0.25) is 0 Å². The molecule has 1 aliphatic rings. The number of ether oxygens (including phenoxy) is 2. The van der Waals surface area contributed by atoms with E-state index in [1.54, 1.807) is 7.11 Å². The zero-order valence-electron chi connectivity index (χ0n) is 11.0. The van der Waals surface area contributed by atoms with Gasteiger partial charge in [0.2, 0.25) is 0 Å². The second-order valence-corrected chi connectivity index (χ2v) is 5.27. The van der Waals surface area contributed by atoms with Gasteiger partial charge in [0, 0.05) is 5.75 Å². The lowest BCUT2D eigenvalue weighted by Gasteiger charge is -2.42. The third kappa shape index (κ3) is 1.85. The molecule has 0 aliphatic carbocycles. The molecule has 94 valence electrons. The summed E-state index contributed by atoms with van der Waals surface area (Å²) in [5, 5.41) is 0.